The molecule has 2 heteroatoms. The van der Waals surface area contributed by atoms with Crippen LogP contribution in [0.2, 0.25) is 0 Å². The Morgan fingerprint density at radius 2 is 1.69 bits per heavy atom. The van der Waals surface area contributed by atoms with Crippen molar-refractivity contribution in [1.82, 2.24) is 4.98 Å². The van der Waals surface area contributed by atoms with Crippen LogP contribution in [0.15, 0.2) is 59.5 Å². The van der Waals surface area contributed by atoms with Crippen molar-refractivity contribution in [3.05, 3.63) is 65.0 Å². The van der Waals surface area contributed by atoms with Gasteiger partial charge in [0.1, 0.15) is 0 Å². The smallest absolute Gasteiger partial charge is 0.190 e. The number of fused-ring (bicyclic) bond motifs is 3. The highest BCUT2D eigenvalue weighted by Gasteiger charge is 2.08. The molecule has 0 saturated heterocycles. The minimum atomic E-state index is 0.0254. The van der Waals surface area contributed by atoms with Gasteiger partial charge in [-0.2, -0.15) is 0 Å². The standard InChI is InChI=1S/C14H9NO/c16-13-8-9-15-12-7-3-5-10-4-1-2-6-11(10)14(12)13/h1-9H. The molecule has 2 nitrogen and oxygen atoms in total. The predicted octanol–water partition coefficient (Wildman–Crippen LogP) is 2.70. The number of aromatic nitrogens is 1. The summed E-state index contributed by atoms with van der Waals surface area (Å²) in [4.78, 5) is 16.1. The number of hydrogen-bond donors (Lipinski definition) is 0. The van der Waals surface area contributed by atoms with Crippen LogP contribution in [0.5, 0.6) is 0 Å². The van der Waals surface area contributed by atoms with Gasteiger partial charge in [-0.3, -0.25) is 9.78 Å². The molecule has 16 heavy (non-hydrogen) atoms. The maximum absolute atomic E-state index is 11.9. The minimum absolute atomic E-state index is 0.0254. The topological polar surface area (TPSA) is 30.0 Å². The van der Waals surface area contributed by atoms with Crippen LogP contribution in [0, 0.1) is 0 Å². The van der Waals surface area contributed by atoms with Crippen molar-refractivity contribution < 1.29 is 0 Å². The molecule has 76 valence electrons. The van der Waals surface area contributed by atoms with Crippen LogP contribution < -0.4 is 5.43 Å². The van der Waals surface area contributed by atoms with Crippen LogP contribution in [-0.2, 0) is 0 Å². The van der Waals surface area contributed by atoms with Crippen molar-refractivity contribution in [2.75, 3.05) is 0 Å². The summed E-state index contributed by atoms with van der Waals surface area (Å²) in [6.45, 7) is 0. The van der Waals surface area contributed by atoms with Crippen LogP contribution in [0.3, 0.4) is 0 Å². The van der Waals surface area contributed by atoms with E-state index in [-0.39, 0.29) is 5.43 Å². The lowest BCUT2D eigenvalue weighted by atomic mass is 10.1. The van der Waals surface area contributed by atoms with Crippen molar-refractivity contribution in [3.8, 4) is 11.3 Å². The second-order valence-electron chi connectivity index (χ2n) is 3.68. The zero-order valence-electron chi connectivity index (χ0n) is 8.55. The molecule has 1 heterocycles. The van der Waals surface area contributed by atoms with Gasteiger partial charge in [0, 0.05) is 12.3 Å². The summed E-state index contributed by atoms with van der Waals surface area (Å²) in [5.41, 5.74) is 1.47. The third-order valence-electron chi connectivity index (χ3n) is 2.70. The molecule has 0 N–H and O–H groups in total. The largest absolute Gasteiger partial charge is 0.289 e. The molecule has 2 aliphatic rings. The van der Waals surface area contributed by atoms with E-state index >= 15 is 0 Å². The summed E-state index contributed by atoms with van der Waals surface area (Å²) in [5.74, 6) is 0. The van der Waals surface area contributed by atoms with Gasteiger partial charge in [0.15, 0.2) is 5.43 Å². The Morgan fingerprint density at radius 1 is 0.875 bits per heavy atom. The minimum Gasteiger partial charge on any atom is -0.289 e. The Balaban J connectivity index is 2.64. The summed E-state index contributed by atoms with van der Waals surface area (Å²) < 4.78 is 0. The van der Waals surface area contributed by atoms with Crippen molar-refractivity contribution in [3.63, 3.8) is 0 Å². The van der Waals surface area contributed by atoms with Gasteiger partial charge >= 0.3 is 0 Å². The van der Waals surface area contributed by atoms with E-state index in [9.17, 15) is 4.79 Å². The highest BCUT2D eigenvalue weighted by molar-refractivity contribution is 5.95. The first kappa shape index (κ1) is 9.04. The van der Waals surface area contributed by atoms with Crippen molar-refractivity contribution in [1.29, 1.82) is 0 Å². The summed E-state index contributed by atoms with van der Waals surface area (Å²) >= 11 is 0. The van der Waals surface area contributed by atoms with Crippen LogP contribution in [-0.4, -0.2) is 4.98 Å². The van der Waals surface area contributed by atoms with E-state index in [4.69, 9.17) is 0 Å². The van der Waals surface area contributed by atoms with E-state index in [0.29, 0.717) is 5.56 Å². The Bertz CT molecular complexity index is 691. The maximum Gasteiger partial charge on any atom is 0.190 e. The Hall–Kier alpha value is -2.22. The summed E-state index contributed by atoms with van der Waals surface area (Å²) in [6.07, 6.45) is 1.56. The second kappa shape index (κ2) is 3.42. The molecule has 0 atom stereocenters. The first-order chi connectivity index (χ1) is 7.86. The van der Waals surface area contributed by atoms with Gasteiger partial charge in [-0.15, -0.1) is 0 Å². The van der Waals surface area contributed by atoms with Crippen molar-refractivity contribution in [2.45, 2.75) is 0 Å². The van der Waals surface area contributed by atoms with E-state index in [1.807, 2.05) is 42.5 Å². The molecule has 0 amide bonds. The van der Waals surface area contributed by atoms with Gasteiger partial charge in [-0.1, -0.05) is 36.4 Å². The summed E-state index contributed by atoms with van der Waals surface area (Å²) in [7, 11) is 0. The molecule has 1 aliphatic carbocycles. The lowest BCUT2D eigenvalue weighted by Gasteiger charge is -2.00. The van der Waals surface area contributed by atoms with Crippen molar-refractivity contribution in [2.24, 2.45) is 0 Å². The van der Waals surface area contributed by atoms with Crippen LogP contribution >= 0.6 is 0 Å². The molecular formula is C14H9NO. The predicted molar refractivity (Wildman–Crippen MR) is 64.6 cm³/mol. The monoisotopic (exact) mass is 207 g/mol. The maximum atomic E-state index is 11.9. The Morgan fingerprint density at radius 3 is 2.62 bits per heavy atom. The zero-order chi connectivity index (χ0) is 11.0. The number of pyridine rings is 1. The lowest BCUT2D eigenvalue weighted by Crippen LogP contribution is -2.04. The van der Waals surface area contributed by atoms with Gasteiger partial charge in [-0.05, 0) is 16.8 Å². The van der Waals surface area contributed by atoms with Gasteiger partial charge in [0.05, 0.1) is 11.3 Å². The quantitative estimate of drug-likeness (QED) is 0.567. The molecule has 1 aliphatic heterocycles. The number of benzene rings is 1. The first-order valence-corrected chi connectivity index (χ1v) is 5.13. The van der Waals surface area contributed by atoms with Gasteiger partial charge in [-0.25, -0.2) is 0 Å². The Kier molecular flexibility index (Phi) is 1.93. The first-order valence-electron chi connectivity index (χ1n) is 5.13. The fraction of sp³-hybridized carbons (Fsp3) is 0. The van der Waals surface area contributed by atoms with E-state index in [1.165, 1.54) is 6.07 Å². The van der Waals surface area contributed by atoms with Gasteiger partial charge in [0.2, 0.25) is 0 Å². The van der Waals surface area contributed by atoms with Crippen molar-refractivity contribution >= 4 is 10.8 Å². The molecular weight excluding hydrogens is 198 g/mol. The van der Waals surface area contributed by atoms with E-state index < -0.39 is 0 Å². The molecule has 0 radical (unpaired) electrons. The average Bonchev–Trinajstić information content (AvgIpc) is 2.49. The molecule has 0 bridgehead atoms. The fourth-order valence-electron chi connectivity index (χ4n) is 1.97. The van der Waals surface area contributed by atoms with Crippen LogP contribution in [0.4, 0.5) is 0 Å². The highest BCUT2D eigenvalue weighted by atomic mass is 16.1. The van der Waals surface area contributed by atoms with Crippen LogP contribution in [0.25, 0.3) is 22.0 Å². The number of nitrogens with zero attached hydrogens (tertiary/aromatic N) is 1. The average molecular weight is 207 g/mol. The zero-order valence-corrected chi connectivity index (χ0v) is 8.55. The molecule has 0 fully saturated rings. The van der Waals surface area contributed by atoms with E-state index in [2.05, 4.69) is 4.98 Å². The number of rotatable bonds is 0. The Labute approximate surface area is 92.5 Å². The summed E-state index contributed by atoms with van der Waals surface area (Å²) in [5, 5.41) is 2.02. The summed E-state index contributed by atoms with van der Waals surface area (Å²) in [6, 6.07) is 15.2. The molecule has 0 unspecified atom stereocenters. The lowest BCUT2D eigenvalue weighted by molar-refractivity contribution is 1.31. The highest BCUT2D eigenvalue weighted by Crippen LogP contribution is 2.23. The van der Waals surface area contributed by atoms with Gasteiger partial charge in [0.25, 0.3) is 0 Å². The third-order valence-corrected chi connectivity index (χ3v) is 2.70. The molecule has 1 aromatic carbocycles. The third kappa shape index (κ3) is 1.27. The molecule has 0 saturated carbocycles. The second-order valence-corrected chi connectivity index (χ2v) is 3.68. The molecule has 3 rings (SSSR count). The molecule has 0 aromatic heterocycles. The molecule has 0 spiro atoms. The normalized spacial score (nSPS) is 10.8. The van der Waals surface area contributed by atoms with Gasteiger partial charge < -0.3 is 0 Å². The van der Waals surface area contributed by atoms with Crippen LogP contribution in [0.1, 0.15) is 0 Å². The molecule has 1 aromatic rings. The van der Waals surface area contributed by atoms with E-state index in [1.54, 1.807) is 6.20 Å². The van der Waals surface area contributed by atoms with E-state index in [0.717, 1.165) is 16.5 Å². The fourth-order valence-corrected chi connectivity index (χ4v) is 1.97. The SMILES string of the molecule is O=c1ccnc2cccc3ccccc3c1-2. The number of hydrogen-bond acceptors (Lipinski definition) is 2.